The van der Waals surface area contributed by atoms with E-state index in [1.165, 1.54) is 12.1 Å². The molecule has 30 heavy (non-hydrogen) atoms. The van der Waals surface area contributed by atoms with Crippen molar-refractivity contribution >= 4 is 33.9 Å². The molecular weight excluding hydrogens is 427 g/mol. The zero-order valence-corrected chi connectivity index (χ0v) is 18.7. The standard InChI is InChI=1S/C21H22ClFN4O2S/c1-11(26-30(29)21(2,3)4)14-9-12(23)10-15-18(14)25-19-13-5-6-17(22)24-16(13)7-8-27(19)20(15)28/h5-6,9-11,26H,7-8H2,1-4H3/t11-,30?/m1/s1. The summed E-state index contributed by atoms with van der Waals surface area (Å²) in [4.78, 5) is 22.3. The van der Waals surface area contributed by atoms with Crippen molar-refractivity contribution in [3.05, 3.63) is 56.8 Å². The number of pyridine rings is 1. The van der Waals surface area contributed by atoms with Crippen molar-refractivity contribution in [2.24, 2.45) is 0 Å². The Bertz CT molecular complexity index is 1210. The number of nitrogens with zero attached hydrogens (tertiary/aromatic N) is 3. The van der Waals surface area contributed by atoms with E-state index in [2.05, 4.69) is 9.71 Å². The normalized spacial score (nSPS) is 15.6. The average Bonchev–Trinajstić information content (AvgIpc) is 2.67. The molecule has 0 aliphatic carbocycles. The monoisotopic (exact) mass is 448 g/mol. The summed E-state index contributed by atoms with van der Waals surface area (Å²) in [6.45, 7) is 7.73. The smallest absolute Gasteiger partial charge is 0.261 e. The van der Waals surface area contributed by atoms with Gasteiger partial charge in [-0.15, -0.1) is 4.72 Å². The Hall–Kier alpha value is -2.00. The molecule has 9 heteroatoms. The fraction of sp³-hybridized carbons (Fsp3) is 0.381. The predicted octanol–water partition coefficient (Wildman–Crippen LogP) is 3.92. The third kappa shape index (κ3) is 3.73. The molecule has 0 amide bonds. The number of hydrogen-bond acceptors (Lipinski definition) is 5. The van der Waals surface area contributed by atoms with Crippen LogP contribution in [-0.4, -0.2) is 23.8 Å². The second-order valence-corrected chi connectivity index (χ2v) is 10.8. The van der Waals surface area contributed by atoms with Gasteiger partial charge in [0.25, 0.3) is 5.56 Å². The highest BCUT2D eigenvalue weighted by Gasteiger charge is 2.30. The first kappa shape index (κ1) is 21.2. The van der Waals surface area contributed by atoms with Crippen LogP contribution in [0.25, 0.3) is 22.3 Å². The topological polar surface area (TPSA) is 82.9 Å². The van der Waals surface area contributed by atoms with Gasteiger partial charge in [0.05, 0.1) is 22.6 Å². The highest BCUT2D eigenvalue weighted by atomic mass is 35.5. The molecule has 1 aliphatic heterocycles. The maximum atomic E-state index is 14.4. The molecule has 6 nitrogen and oxygen atoms in total. The van der Waals surface area contributed by atoms with Gasteiger partial charge in [-0.25, -0.2) is 14.4 Å². The van der Waals surface area contributed by atoms with E-state index in [1.807, 2.05) is 20.8 Å². The van der Waals surface area contributed by atoms with E-state index in [0.717, 1.165) is 11.3 Å². The second-order valence-electron chi connectivity index (χ2n) is 8.38. The van der Waals surface area contributed by atoms with Crippen LogP contribution in [0.15, 0.2) is 29.1 Å². The molecule has 1 aliphatic rings. The van der Waals surface area contributed by atoms with Crippen LogP contribution >= 0.6 is 11.6 Å². The van der Waals surface area contributed by atoms with E-state index in [4.69, 9.17) is 16.6 Å². The number of hydrogen-bond donors (Lipinski definition) is 1. The maximum absolute atomic E-state index is 14.4. The van der Waals surface area contributed by atoms with Crippen LogP contribution in [0.4, 0.5) is 4.39 Å². The Balaban J connectivity index is 1.91. The van der Waals surface area contributed by atoms with Crippen LogP contribution in [-0.2, 0) is 24.3 Å². The van der Waals surface area contributed by atoms with Crippen molar-refractivity contribution in [3.8, 4) is 11.4 Å². The lowest BCUT2D eigenvalue weighted by molar-refractivity contribution is 0.530. The average molecular weight is 449 g/mol. The van der Waals surface area contributed by atoms with E-state index in [-0.39, 0.29) is 10.9 Å². The number of benzene rings is 1. The van der Waals surface area contributed by atoms with Gasteiger partial charge in [0, 0.05) is 35.5 Å². The fourth-order valence-electron chi connectivity index (χ4n) is 3.55. The predicted molar refractivity (Wildman–Crippen MR) is 117 cm³/mol. The molecule has 2 aromatic heterocycles. The first-order chi connectivity index (χ1) is 14.1. The van der Waals surface area contributed by atoms with E-state index < -0.39 is 28.0 Å². The van der Waals surface area contributed by atoms with Crippen LogP contribution in [0, 0.1) is 5.82 Å². The van der Waals surface area contributed by atoms with Crippen LogP contribution in [0.5, 0.6) is 0 Å². The van der Waals surface area contributed by atoms with E-state index in [1.54, 1.807) is 23.6 Å². The molecule has 1 N–H and O–H groups in total. The molecule has 0 fully saturated rings. The van der Waals surface area contributed by atoms with Crippen LogP contribution in [0.2, 0.25) is 5.15 Å². The number of nitrogens with one attached hydrogen (secondary N) is 1. The van der Waals surface area contributed by atoms with Gasteiger partial charge in [0.1, 0.15) is 21.5 Å². The molecule has 0 bridgehead atoms. The summed E-state index contributed by atoms with van der Waals surface area (Å²) in [5, 5.41) is 0.588. The van der Waals surface area contributed by atoms with Crippen molar-refractivity contribution in [1.82, 2.24) is 19.3 Å². The molecule has 3 aromatic rings. The lowest BCUT2D eigenvalue weighted by Gasteiger charge is -2.27. The van der Waals surface area contributed by atoms with Crippen molar-refractivity contribution in [1.29, 1.82) is 0 Å². The van der Waals surface area contributed by atoms with Crippen molar-refractivity contribution in [2.45, 2.75) is 51.4 Å². The highest BCUT2D eigenvalue weighted by Crippen LogP contribution is 2.31. The Morgan fingerprint density at radius 1 is 1.30 bits per heavy atom. The number of fused-ring (bicyclic) bond motifs is 4. The molecule has 0 saturated carbocycles. The summed E-state index contributed by atoms with van der Waals surface area (Å²) in [5.74, 6) is -0.0493. The maximum Gasteiger partial charge on any atom is 0.261 e. The van der Waals surface area contributed by atoms with Gasteiger partial charge in [-0.05, 0) is 52.0 Å². The summed E-state index contributed by atoms with van der Waals surface area (Å²) < 4.78 is 31.1. The molecule has 3 heterocycles. The quantitative estimate of drug-likeness (QED) is 0.485. The highest BCUT2D eigenvalue weighted by molar-refractivity contribution is 7.90. The zero-order valence-electron chi connectivity index (χ0n) is 17.1. The van der Waals surface area contributed by atoms with Crippen LogP contribution < -0.4 is 10.3 Å². The first-order valence-corrected chi connectivity index (χ1v) is 11.2. The largest absolute Gasteiger partial charge is 0.598 e. The Labute approximate surface area is 181 Å². The minimum Gasteiger partial charge on any atom is -0.598 e. The molecule has 1 aromatic carbocycles. The summed E-state index contributed by atoms with van der Waals surface area (Å²) in [5.41, 5.74) is 2.08. The molecule has 0 saturated heterocycles. The third-order valence-electron chi connectivity index (χ3n) is 5.11. The number of aromatic nitrogens is 3. The SMILES string of the molecule is C[C@@H](N[S+]([O-])C(C)(C)C)c1cc(F)cc2c(=O)n3c(nc12)-c1ccc(Cl)nc1CC3. The zero-order chi connectivity index (χ0) is 21.8. The summed E-state index contributed by atoms with van der Waals surface area (Å²) in [6, 6.07) is 5.53. The number of halogens is 2. The summed E-state index contributed by atoms with van der Waals surface area (Å²) in [7, 11) is 0. The Morgan fingerprint density at radius 3 is 2.73 bits per heavy atom. The van der Waals surface area contributed by atoms with Crippen molar-refractivity contribution in [3.63, 3.8) is 0 Å². The van der Waals surface area contributed by atoms with Crippen LogP contribution in [0.1, 0.15) is 45.0 Å². The lowest BCUT2D eigenvalue weighted by atomic mass is 10.0. The molecule has 0 radical (unpaired) electrons. The molecule has 0 spiro atoms. The van der Waals surface area contributed by atoms with E-state index in [9.17, 15) is 13.7 Å². The van der Waals surface area contributed by atoms with Gasteiger partial charge in [-0.2, -0.15) is 0 Å². The number of rotatable bonds is 3. The van der Waals surface area contributed by atoms with Gasteiger partial charge in [0.15, 0.2) is 0 Å². The third-order valence-corrected chi connectivity index (χ3v) is 7.00. The Morgan fingerprint density at radius 2 is 2.03 bits per heavy atom. The van der Waals surface area contributed by atoms with E-state index in [0.29, 0.717) is 35.0 Å². The van der Waals surface area contributed by atoms with Gasteiger partial charge in [0.2, 0.25) is 0 Å². The van der Waals surface area contributed by atoms with Gasteiger partial charge in [-0.1, -0.05) is 11.6 Å². The molecular formula is C21H22ClFN4O2S. The molecule has 1 unspecified atom stereocenters. The minimum atomic E-state index is -1.37. The van der Waals surface area contributed by atoms with Gasteiger partial charge in [-0.3, -0.25) is 9.36 Å². The minimum absolute atomic E-state index is 0.203. The second kappa shape index (κ2) is 7.60. The number of aryl methyl sites for hydroxylation is 1. The Kier molecular flexibility index (Phi) is 5.38. The van der Waals surface area contributed by atoms with Crippen LogP contribution in [0.3, 0.4) is 0 Å². The summed E-state index contributed by atoms with van der Waals surface area (Å²) in [6.07, 6.45) is 0.542. The van der Waals surface area contributed by atoms with Crippen molar-refractivity contribution in [2.75, 3.05) is 0 Å². The summed E-state index contributed by atoms with van der Waals surface area (Å²) >= 11 is 4.65. The van der Waals surface area contributed by atoms with Gasteiger partial charge >= 0.3 is 0 Å². The molecule has 4 rings (SSSR count). The van der Waals surface area contributed by atoms with Crippen molar-refractivity contribution < 1.29 is 8.94 Å². The fourth-order valence-corrected chi connectivity index (χ4v) is 4.51. The first-order valence-electron chi connectivity index (χ1n) is 9.64. The van der Waals surface area contributed by atoms with E-state index >= 15 is 0 Å². The van der Waals surface area contributed by atoms with Gasteiger partial charge < -0.3 is 4.55 Å². The molecule has 2 atom stereocenters. The lowest BCUT2D eigenvalue weighted by Crippen LogP contribution is -2.40. The molecule has 158 valence electrons.